The Hall–Kier alpha value is -1.39. The van der Waals surface area contributed by atoms with Crippen molar-refractivity contribution in [3.8, 4) is 16.3 Å². The summed E-state index contributed by atoms with van der Waals surface area (Å²) in [5.74, 6) is 0.874. The van der Waals surface area contributed by atoms with Crippen LogP contribution < -0.4 is 10.1 Å². The molecule has 1 heterocycles. The van der Waals surface area contributed by atoms with Crippen LogP contribution in [0.5, 0.6) is 5.75 Å². The van der Waals surface area contributed by atoms with Crippen molar-refractivity contribution < 1.29 is 4.74 Å². The van der Waals surface area contributed by atoms with Crippen molar-refractivity contribution in [2.24, 2.45) is 0 Å². The van der Waals surface area contributed by atoms with Crippen molar-refractivity contribution in [2.75, 3.05) is 7.11 Å². The molecule has 102 valence electrons. The molecule has 0 aliphatic carbocycles. The summed E-state index contributed by atoms with van der Waals surface area (Å²) in [6.45, 7) is 5.21. The van der Waals surface area contributed by atoms with Gasteiger partial charge in [-0.1, -0.05) is 6.92 Å². The normalized spacial score (nSPS) is 12.4. The minimum atomic E-state index is 0.533. The van der Waals surface area contributed by atoms with Crippen molar-refractivity contribution in [3.63, 3.8) is 0 Å². The van der Waals surface area contributed by atoms with E-state index in [4.69, 9.17) is 4.74 Å². The summed E-state index contributed by atoms with van der Waals surface area (Å²) in [7, 11) is 1.68. The second-order valence-electron chi connectivity index (χ2n) is 4.56. The molecule has 2 aromatic rings. The van der Waals surface area contributed by atoms with Gasteiger partial charge >= 0.3 is 0 Å². The molecule has 2 rings (SSSR count). The van der Waals surface area contributed by atoms with Gasteiger partial charge in [-0.15, -0.1) is 11.3 Å². The summed E-state index contributed by atoms with van der Waals surface area (Å²) in [4.78, 5) is 4.66. The number of ether oxygens (including phenoxy) is 1. The summed E-state index contributed by atoms with van der Waals surface area (Å²) < 4.78 is 5.16. The molecule has 3 nitrogen and oxygen atoms in total. The Morgan fingerprint density at radius 3 is 2.68 bits per heavy atom. The molecule has 0 amide bonds. The van der Waals surface area contributed by atoms with Crippen LogP contribution in [0, 0.1) is 0 Å². The molecule has 0 saturated heterocycles. The predicted molar refractivity (Wildman–Crippen MR) is 80.7 cm³/mol. The largest absolute Gasteiger partial charge is 0.497 e. The Morgan fingerprint density at radius 1 is 1.32 bits per heavy atom. The number of hydrogen-bond donors (Lipinski definition) is 1. The number of benzene rings is 1. The Balaban J connectivity index is 2.03. The molecule has 19 heavy (non-hydrogen) atoms. The van der Waals surface area contributed by atoms with Gasteiger partial charge in [0.25, 0.3) is 0 Å². The number of aromatic nitrogens is 1. The number of rotatable bonds is 6. The lowest BCUT2D eigenvalue weighted by molar-refractivity contribution is 0.415. The second-order valence-corrected chi connectivity index (χ2v) is 5.42. The van der Waals surface area contributed by atoms with Gasteiger partial charge < -0.3 is 10.1 Å². The molecule has 0 radical (unpaired) electrons. The Morgan fingerprint density at radius 2 is 2.05 bits per heavy atom. The Kier molecular flexibility index (Phi) is 4.93. The summed E-state index contributed by atoms with van der Waals surface area (Å²) >= 11 is 1.68. The first-order valence-electron chi connectivity index (χ1n) is 6.55. The first-order valence-corrected chi connectivity index (χ1v) is 7.43. The van der Waals surface area contributed by atoms with E-state index in [1.165, 1.54) is 0 Å². The molecule has 1 aromatic heterocycles. The number of hydrogen-bond acceptors (Lipinski definition) is 4. The van der Waals surface area contributed by atoms with Crippen LogP contribution in [-0.4, -0.2) is 18.1 Å². The number of nitrogens with zero attached hydrogens (tertiary/aromatic N) is 1. The standard InChI is InChI=1S/C15H20N2OS/c1-4-11(2)16-9-13-10-19-15(17-13)12-5-7-14(18-3)8-6-12/h5-8,10-11,16H,4,9H2,1-3H3. The van der Waals surface area contributed by atoms with Crippen LogP contribution in [0.2, 0.25) is 0 Å². The van der Waals surface area contributed by atoms with Gasteiger partial charge in [0.2, 0.25) is 0 Å². The van der Waals surface area contributed by atoms with E-state index in [1.54, 1.807) is 18.4 Å². The average Bonchev–Trinajstić information content (AvgIpc) is 2.93. The lowest BCUT2D eigenvalue weighted by atomic mass is 10.2. The molecule has 0 saturated carbocycles. The lowest BCUT2D eigenvalue weighted by Crippen LogP contribution is -2.24. The van der Waals surface area contributed by atoms with Gasteiger partial charge in [0.1, 0.15) is 10.8 Å². The average molecular weight is 276 g/mol. The smallest absolute Gasteiger partial charge is 0.123 e. The zero-order chi connectivity index (χ0) is 13.7. The Labute approximate surface area is 118 Å². The molecule has 0 aliphatic heterocycles. The number of nitrogens with one attached hydrogen (secondary N) is 1. The SMILES string of the molecule is CCC(C)NCc1csc(-c2ccc(OC)cc2)n1. The van der Waals surface area contributed by atoms with Crippen molar-refractivity contribution in [2.45, 2.75) is 32.9 Å². The fourth-order valence-electron chi connectivity index (χ4n) is 1.68. The van der Waals surface area contributed by atoms with Gasteiger partial charge in [-0.2, -0.15) is 0 Å². The molecule has 0 aliphatic rings. The molecular weight excluding hydrogens is 256 g/mol. The zero-order valence-electron chi connectivity index (χ0n) is 11.6. The van der Waals surface area contributed by atoms with Gasteiger partial charge in [0, 0.05) is 23.5 Å². The maximum absolute atomic E-state index is 5.16. The van der Waals surface area contributed by atoms with Crippen molar-refractivity contribution in [3.05, 3.63) is 35.3 Å². The molecule has 1 atom stereocenters. The number of methoxy groups -OCH3 is 1. The van der Waals surface area contributed by atoms with Crippen LogP contribution in [0.1, 0.15) is 26.0 Å². The van der Waals surface area contributed by atoms with Crippen LogP contribution >= 0.6 is 11.3 Å². The van der Waals surface area contributed by atoms with Crippen LogP contribution in [0.15, 0.2) is 29.6 Å². The highest BCUT2D eigenvalue weighted by molar-refractivity contribution is 7.13. The number of thiazole rings is 1. The lowest BCUT2D eigenvalue weighted by Gasteiger charge is -2.08. The van der Waals surface area contributed by atoms with E-state index < -0.39 is 0 Å². The van der Waals surface area contributed by atoms with E-state index >= 15 is 0 Å². The fourth-order valence-corrected chi connectivity index (χ4v) is 2.50. The van der Waals surface area contributed by atoms with Crippen molar-refractivity contribution in [1.82, 2.24) is 10.3 Å². The van der Waals surface area contributed by atoms with Gasteiger partial charge in [-0.05, 0) is 37.6 Å². The summed E-state index contributed by atoms with van der Waals surface area (Å²) in [6, 6.07) is 8.56. The Bertz CT molecular complexity index is 507. The minimum absolute atomic E-state index is 0.533. The molecule has 1 N–H and O–H groups in total. The molecule has 0 fully saturated rings. The highest BCUT2D eigenvalue weighted by Crippen LogP contribution is 2.25. The second kappa shape index (κ2) is 6.68. The van der Waals surface area contributed by atoms with E-state index in [0.29, 0.717) is 6.04 Å². The van der Waals surface area contributed by atoms with E-state index in [-0.39, 0.29) is 0 Å². The third-order valence-electron chi connectivity index (χ3n) is 3.13. The van der Waals surface area contributed by atoms with Gasteiger partial charge in [-0.25, -0.2) is 4.98 Å². The van der Waals surface area contributed by atoms with E-state index in [1.807, 2.05) is 24.3 Å². The summed E-state index contributed by atoms with van der Waals surface area (Å²) in [5, 5.41) is 6.63. The molecule has 1 aromatic carbocycles. The molecule has 0 spiro atoms. The van der Waals surface area contributed by atoms with Gasteiger partial charge in [0.05, 0.1) is 12.8 Å². The quantitative estimate of drug-likeness (QED) is 0.873. The highest BCUT2D eigenvalue weighted by atomic mass is 32.1. The van der Waals surface area contributed by atoms with E-state index in [2.05, 4.69) is 29.5 Å². The monoisotopic (exact) mass is 276 g/mol. The molecule has 1 unspecified atom stereocenters. The highest BCUT2D eigenvalue weighted by Gasteiger charge is 2.06. The maximum atomic E-state index is 5.16. The summed E-state index contributed by atoms with van der Waals surface area (Å²) in [6.07, 6.45) is 1.13. The molecule has 0 bridgehead atoms. The van der Waals surface area contributed by atoms with Crippen LogP contribution in [0.25, 0.3) is 10.6 Å². The molecular formula is C15H20N2OS. The minimum Gasteiger partial charge on any atom is -0.497 e. The van der Waals surface area contributed by atoms with Crippen LogP contribution in [0.3, 0.4) is 0 Å². The van der Waals surface area contributed by atoms with Gasteiger partial charge in [0.15, 0.2) is 0 Å². The third-order valence-corrected chi connectivity index (χ3v) is 4.07. The molecule has 4 heteroatoms. The van der Waals surface area contributed by atoms with Gasteiger partial charge in [-0.3, -0.25) is 0 Å². The van der Waals surface area contributed by atoms with Crippen molar-refractivity contribution in [1.29, 1.82) is 0 Å². The summed E-state index contributed by atoms with van der Waals surface area (Å²) in [5.41, 5.74) is 2.25. The first kappa shape index (κ1) is 14.0. The topological polar surface area (TPSA) is 34.1 Å². The third kappa shape index (κ3) is 3.78. The van der Waals surface area contributed by atoms with Crippen molar-refractivity contribution >= 4 is 11.3 Å². The zero-order valence-corrected chi connectivity index (χ0v) is 12.5. The van der Waals surface area contributed by atoms with Crippen LogP contribution in [0.4, 0.5) is 0 Å². The van der Waals surface area contributed by atoms with Crippen LogP contribution in [-0.2, 0) is 6.54 Å². The fraction of sp³-hybridized carbons (Fsp3) is 0.400. The predicted octanol–water partition coefficient (Wildman–Crippen LogP) is 3.71. The van der Waals surface area contributed by atoms with E-state index in [9.17, 15) is 0 Å². The first-order chi connectivity index (χ1) is 9.22. The van der Waals surface area contributed by atoms with E-state index in [0.717, 1.165) is 35.0 Å². The maximum Gasteiger partial charge on any atom is 0.123 e.